The van der Waals surface area contributed by atoms with E-state index in [0.29, 0.717) is 21.4 Å². The van der Waals surface area contributed by atoms with Crippen LogP contribution in [0.2, 0.25) is 15.1 Å². The predicted octanol–water partition coefficient (Wildman–Crippen LogP) is 6.92. The lowest BCUT2D eigenvalue weighted by Gasteiger charge is -2.14. The van der Waals surface area contributed by atoms with Gasteiger partial charge in [0.15, 0.2) is 11.5 Å². The molecule has 0 radical (unpaired) electrons. The zero-order valence-corrected chi connectivity index (χ0v) is 19.4. The Labute approximate surface area is 204 Å². The summed E-state index contributed by atoms with van der Waals surface area (Å²) in [6.45, 7) is 0.149. The molecule has 3 rings (SSSR count). The Hall–Kier alpha value is -3.24. The van der Waals surface area contributed by atoms with Gasteiger partial charge in [-0.25, -0.2) is 4.39 Å². The number of amides is 1. The van der Waals surface area contributed by atoms with Crippen molar-refractivity contribution in [1.29, 1.82) is 5.26 Å². The highest BCUT2D eigenvalue weighted by molar-refractivity contribution is 6.42. The number of benzene rings is 3. The standard InChI is InChI=1S/C24H16Cl3FN2O3/c1-32-22-11-15(8-16(12-29)24(31)30-21-5-3-2-4-20(21)28)10-19(27)23(22)33-13-14-6-7-17(25)18(26)9-14/h2-11H,13H2,1H3,(H,30,31)/b16-8-. The molecule has 0 fully saturated rings. The van der Waals surface area contributed by atoms with Gasteiger partial charge in [0.05, 0.1) is 27.9 Å². The Morgan fingerprint density at radius 2 is 1.85 bits per heavy atom. The van der Waals surface area contributed by atoms with Crippen LogP contribution in [0.25, 0.3) is 6.08 Å². The minimum absolute atomic E-state index is 0.0367. The number of carbonyl (C=O) groups excluding carboxylic acids is 1. The quantitative estimate of drug-likeness (QED) is 0.279. The molecule has 9 heteroatoms. The number of hydrogen-bond acceptors (Lipinski definition) is 4. The Bertz CT molecular complexity index is 1270. The van der Waals surface area contributed by atoms with Crippen molar-refractivity contribution in [2.24, 2.45) is 0 Å². The first-order valence-corrected chi connectivity index (χ1v) is 10.6. The third-order valence-corrected chi connectivity index (χ3v) is 5.44. The molecule has 3 aromatic rings. The van der Waals surface area contributed by atoms with Gasteiger partial charge in [-0.15, -0.1) is 0 Å². The van der Waals surface area contributed by atoms with Crippen LogP contribution in [0.3, 0.4) is 0 Å². The number of rotatable bonds is 7. The van der Waals surface area contributed by atoms with E-state index in [1.807, 2.05) is 0 Å². The fourth-order valence-corrected chi connectivity index (χ4v) is 3.41. The van der Waals surface area contributed by atoms with E-state index < -0.39 is 11.7 Å². The normalized spacial score (nSPS) is 11.0. The second-order valence-corrected chi connectivity index (χ2v) is 7.90. The van der Waals surface area contributed by atoms with Crippen molar-refractivity contribution in [1.82, 2.24) is 0 Å². The average molecular weight is 506 g/mol. The summed E-state index contributed by atoms with van der Waals surface area (Å²) in [5.41, 5.74) is 0.896. The molecule has 0 unspecified atom stereocenters. The van der Waals surface area contributed by atoms with Gasteiger partial charge in [-0.1, -0.05) is 53.0 Å². The van der Waals surface area contributed by atoms with E-state index in [2.05, 4.69) is 5.32 Å². The molecule has 0 bridgehead atoms. The Morgan fingerprint density at radius 3 is 2.52 bits per heavy atom. The van der Waals surface area contributed by atoms with Gasteiger partial charge in [-0.2, -0.15) is 5.26 Å². The summed E-state index contributed by atoms with van der Waals surface area (Å²) in [5, 5.41) is 12.8. The fourth-order valence-electron chi connectivity index (χ4n) is 2.82. The van der Waals surface area contributed by atoms with Crippen molar-refractivity contribution in [2.45, 2.75) is 6.61 Å². The lowest BCUT2D eigenvalue weighted by atomic mass is 10.1. The van der Waals surface area contributed by atoms with E-state index in [9.17, 15) is 14.4 Å². The van der Waals surface area contributed by atoms with Crippen LogP contribution in [0.15, 0.2) is 60.2 Å². The van der Waals surface area contributed by atoms with Gasteiger partial charge >= 0.3 is 0 Å². The maximum absolute atomic E-state index is 13.8. The zero-order valence-electron chi connectivity index (χ0n) is 17.2. The van der Waals surface area contributed by atoms with Crippen LogP contribution in [0.5, 0.6) is 11.5 Å². The maximum Gasteiger partial charge on any atom is 0.266 e. The van der Waals surface area contributed by atoms with Crippen LogP contribution < -0.4 is 14.8 Å². The SMILES string of the molecule is COc1cc(/C=C(/C#N)C(=O)Nc2ccccc2F)cc(Cl)c1OCc1ccc(Cl)c(Cl)c1. The Morgan fingerprint density at radius 1 is 1.09 bits per heavy atom. The number of hydrogen-bond donors (Lipinski definition) is 1. The molecule has 5 nitrogen and oxygen atoms in total. The van der Waals surface area contributed by atoms with Gasteiger partial charge in [-0.3, -0.25) is 4.79 Å². The first kappa shape index (κ1) is 24.4. The molecule has 0 aliphatic rings. The largest absolute Gasteiger partial charge is 0.493 e. The maximum atomic E-state index is 13.8. The van der Waals surface area contributed by atoms with Crippen LogP contribution >= 0.6 is 34.8 Å². The number of nitriles is 1. The number of ether oxygens (including phenoxy) is 2. The first-order valence-electron chi connectivity index (χ1n) is 9.44. The molecular weight excluding hydrogens is 490 g/mol. The third kappa shape index (κ3) is 6.17. The molecule has 0 heterocycles. The monoisotopic (exact) mass is 504 g/mol. The van der Waals surface area contributed by atoms with Gasteiger partial charge < -0.3 is 14.8 Å². The highest BCUT2D eigenvalue weighted by atomic mass is 35.5. The van der Waals surface area contributed by atoms with Crippen LogP contribution in [0.4, 0.5) is 10.1 Å². The molecule has 0 saturated carbocycles. The molecule has 0 aliphatic heterocycles. The minimum atomic E-state index is -0.766. The molecular formula is C24H16Cl3FN2O3. The van der Waals surface area contributed by atoms with E-state index in [1.54, 1.807) is 36.4 Å². The molecule has 0 aliphatic carbocycles. The topological polar surface area (TPSA) is 71.3 Å². The smallest absolute Gasteiger partial charge is 0.266 e. The number of carbonyl (C=O) groups is 1. The van der Waals surface area contributed by atoms with E-state index in [0.717, 1.165) is 5.56 Å². The summed E-state index contributed by atoms with van der Waals surface area (Å²) in [6, 6.07) is 15.6. The Balaban J connectivity index is 1.83. The van der Waals surface area contributed by atoms with Crippen molar-refractivity contribution in [2.75, 3.05) is 12.4 Å². The number of nitrogens with one attached hydrogen (secondary N) is 1. The first-order chi connectivity index (χ1) is 15.8. The average Bonchev–Trinajstić information content (AvgIpc) is 2.80. The Kier molecular flexibility index (Phi) is 8.18. The lowest BCUT2D eigenvalue weighted by molar-refractivity contribution is -0.112. The number of para-hydroxylation sites is 1. The van der Waals surface area contributed by atoms with Gasteiger partial charge in [0.2, 0.25) is 0 Å². The van der Waals surface area contributed by atoms with Crippen molar-refractivity contribution in [3.05, 3.63) is 92.2 Å². The van der Waals surface area contributed by atoms with Gasteiger partial charge in [0.1, 0.15) is 24.1 Å². The summed E-state index contributed by atoms with van der Waals surface area (Å²) in [6.07, 6.45) is 1.31. The van der Waals surface area contributed by atoms with Crippen LogP contribution in [0.1, 0.15) is 11.1 Å². The third-order valence-electron chi connectivity index (χ3n) is 4.42. The van der Waals surface area contributed by atoms with Gasteiger partial charge in [-0.05, 0) is 53.6 Å². The van der Waals surface area contributed by atoms with E-state index in [4.69, 9.17) is 44.3 Å². The van der Waals surface area contributed by atoms with Crippen molar-refractivity contribution in [3.63, 3.8) is 0 Å². The van der Waals surface area contributed by atoms with E-state index >= 15 is 0 Å². The summed E-state index contributed by atoms with van der Waals surface area (Å²) in [4.78, 5) is 12.4. The zero-order chi connectivity index (χ0) is 24.0. The van der Waals surface area contributed by atoms with Crippen LogP contribution in [0, 0.1) is 17.1 Å². The van der Waals surface area contributed by atoms with Crippen LogP contribution in [-0.2, 0) is 11.4 Å². The second-order valence-electron chi connectivity index (χ2n) is 6.68. The van der Waals surface area contributed by atoms with Gasteiger partial charge in [0.25, 0.3) is 5.91 Å². The molecule has 3 aromatic carbocycles. The highest BCUT2D eigenvalue weighted by Gasteiger charge is 2.15. The summed E-state index contributed by atoms with van der Waals surface area (Å²) < 4.78 is 25.0. The van der Waals surface area contributed by atoms with Crippen molar-refractivity contribution < 1.29 is 18.7 Å². The van der Waals surface area contributed by atoms with Crippen LogP contribution in [-0.4, -0.2) is 13.0 Å². The van der Waals surface area contributed by atoms with E-state index in [1.165, 1.54) is 37.5 Å². The number of methoxy groups -OCH3 is 1. The molecule has 168 valence electrons. The minimum Gasteiger partial charge on any atom is -0.493 e. The van der Waals surface area contributed by atoms with Crippen molar-refractivity contribution >= 4 is 52.5 Å². The fraction of sp³-hybridized carbons (Fsp3) is 0.0833. The predicted molar refractivity (Wildman–Crippen MR) is 127 cm³/mol. The summed E-state index contributed by atoms with van der Waals surface area (Å²) >= 11 is 18.3. The van der Waals surface area contributed by atoms with Gasteiger partial charge in [0, 0.05) is 0 Å². The lowest BCUT2D eigenvalue weighted by Crippen LogP contribution is -2.14. The molecule has 33 heavy (non-hydrogen) atoms. The molecule has 0 atom stereocenters. The highest BCUT2D eigenvalue weighted by Crippen LogP contribution is 2.38. The second kappa shape index (κ2) is 11.1. The molecule has 1 amide bonds. The molecule has 1 N–H and O–H groups in total. The van der Waals surface area contributed by atoms with Crippen molar-refractivity contribution in [3.8, 4) is 17.6 Å². The molecule has 0 spiro atoms. The molecule has 0 aromatic heterocycles. The summed E-state index contributed by atoms with van der Waals surface area (Å²) in [5.74, 6) is -0.814. The number of nitrogens with zero attached hydrogens (tertiary/aromatic N) is 1. The van der Waals surface area contributed by atoms with E-state index in [-0.39, 0.29) is 28.6 Å². The number of anilines is 1. The molecule has 0 saturated heterocycles. The summed E-state index contributed by atoms with van der Waals surface area (Å²) in [7, 11) is 1.43. The number of halogens is 4.